The Morgan fingerprint density at radius 1 is 0.889 bits per heavy atom. The van der Waals surface area contributed by atoms with Crippen molar-refractivity contribution in [2.45, 2.75) is 6.92 Å². The number of nitrogens with one attached hydrogen (secondary N) is 1. The van der Waals surface area contributed by atoms with Gasteiger partial charge in [0.1, 0.15) is 11.3 Å². The van der Waals surface area contributed by atoms with Crippen LogP contribution in [-0.2, 0) is 0 Å². The van der Waals surface area contributed by atoms with Crippen LogP contribution in [0, 0.1) is 6.92 Å². The Hall–Kier alpha value is -3.66. The summed E-state index contributed by atoms with van der Waals surface area (Å²) in [7, 11) is 0. The summed E-state index contributed by atoms with van der Waals surface area (Å²) in [6.07, 6.45) is 0. The molecule has 0 unspecified atom stereocenters. The molecule has 1 aromatic heterocycles. The van der Waals surface area contributed by atoms with E-state index in [4.69, 9.17) is 4.42 Å². The van der Waals surface area contributed by atoms with E-state index in [1.165, 1.54) is 6.07 Å². The zero-order valence-electron chi connectivity index (χ0n) is 14.7. The minimum atomic E-state index is -0.210. The van der Waals surface area contributed by atoms with Gasteiger partial charge in [-0.1, -0.05) is 48.5 Å². The Morgan fingerprint density at radius 2 is 1.63 bits per heavy atom. The lowest BCUT2D eigenvalue weighted by atomic mass is 10.1. The minimum absolute atomic E-state index is 0.151. The smallest absolute Gasteiger partial charge is 0.255 e. The maximum atomic E-state index is 12.6. The van der Waals surface area contributed by atoms with Gasteiger partial charge in [0.05, 0.1) is 5.39 Å². The van der Waals surface area contributed by atoms with Crippen LogP contribution in [0.3, 0.4) is 0 Å². The Labute approximate surface area is 156 Å². The molecule has 0 saturated carbocycles. The van der Waals surface area contributed by atoms with Crippen LogP contribution in [0.2, 0.25) is 0 Å². The summed E-state index contributed by atoms with van der Waals surface area (Å²) < 4.78 is 5.88. The summed E-state index contributed by atoms with van der Waals surface area (Å²) >= 11 is 0. The quantitative estimate of drug-likeness (QED) is 0.561. The van der Waals surface area contributed by atoms with Crippen molar-refractivity contribution in [3.8, 4) is 11.3 Å². The summed E-state index contributed by atoms with van der Waals surface area (Å²) in [6, 6.07) is 23.4. The summed E-state index contributed by atoms with van der Waals surface area (Å²) in [5.41, 5.74) is 3.22. The van der Waals surface area contributed by atoms with Gasteiger partial charge in [0.15, 0.2) is 5.43 Å². The van der Waals surface area contributed by atoms with Gasteiger partial charge in [-0.25, -0.2) is 0 Å². The van der Waals surface area contributed by atoms with Crippen LogP contribution in [0.5, 0.6) is 0 Å². The SMILES string of the molecule is Cc1ccccc1C(=O)Nc1ccc2oc(-c3ccccc3)cc(=O)c2c1. The molecule has 0 aliphatic heterocycles. The van der Waals surface area contributed by atoms with Gasteiger partial charge in [-0.3, -0.25) is 9.59 Å². The van der Waals surface area contributed by atoms with Crippen molar-refractivity contribution in [2.24, 2.45) is 0 Å². The third-order valence-electron chi connectivity index (χ3n) is 4.43. The number of anilines is 1. The molecule has 0 spiro atoms. The number of amides is 1. The van der Waals surface area contributed by atoms with Crippen molar-refractivity contribution in [1.29, 1.82) is 0 Å². The third-order valence-corrected chi connectivity index (χ3v) is 4.43. The highest BCUT2D eigenvalue weighted by Crippen LogP contribution is 2.24. The highest BCUT2D eigenvalue weighted by atomic mass is 16.3. The molecule has 4 heteroatoms. The molecule has 3 aromatic carbocycles. The number of fused-ring (bicyclic) bond motifs is 1. The standard InChI is InChI=1S/C23H17NO3/c1-15-7-5-6-10-18(15)23(26)24-17-11-12-21-19(13-17)20(25)14-22(27-21)16-8-3-2-4-9-16/h2-14H,1H3,(H,24,26). The van der Waals surface area contributed by atoms with E-state index in [0.717, 1.165) is 11.1 Å². The number of carbonyl (C=O) groups excluding carboxylic acids is 1. The van der Waals surface area contributed by atoms with Gasteiger partial charge in [-0.2, -0.15) is 0 Å². The number of hydrogen-bond donors (Lipinski definition) is 1. The monoisotopic (exact) mass is 355 g/mol. The molecule has 27 heavy (non-hydrogen) atoms. The van der Waals surface area contributed by atoms with E-state index in [0.29, 0.717) is 28.0 Å². The highest BCUT2D eigenvalue weighted by molar-refractivity contribution is 6.06. The highest BCUT2D eigenvalue weighted by Gasteiger charge is 2.11. The summed E-state index contributed by atoms with van der Waals surface area (Å²) in [5, 5.41) is 3.27. The second kappa shape index (κ2) is 6.92. The molecule has 0 saturated heterocycles. The second-order valence-corrected chi connectivity index (χ2v) is 6.32. The van der Waals surface area contributed by atoms with Crippen molar-refractivity contribution < 1.29 is 9.21 Å². The Morgan fingerprint density at radius 3 is 2.41 bits per heavy atom. The molecule has 0 aliphatic carbocycles. The zero-order valence-corrected chi connectivity index (χ0v) is 14.7. The minimum Gasteiger partial charge on any atom is -0.456 e. The number of benzene rings is 3. The number of carbonyl (C=O) groups is 1. The first-order valence-corrected chi connectivity index (χ1v) is 8.62. The fourth-order valence-corrected chi connectivity index (χ4v) is 3.00. The number of hydrogen-bond acceptors (Lipinski definition) is 3. The molecular formula is C23H17NO3. The van der Waals surface area contributed by atoms with E-state index in [-0.39, 0.29) is 11.3 Å². The van der Waals surface area contributed by atoms with Gasteiger partial charge in [-0.05, 0) is 36.8 Å². The lowest BCUT2D eigenvalue weighted by molar-refractivity contribution is 0.102. The van der Waals surface area contributed by atoms with E-state index in [1.807, 2.05) is 55.5 Å². The molecule has 1 N–H and O–H groups in total. The van der Waals surface area contributed by atoms with Gasteiger partial charge in [0.25, 0.3) is 5.91 Å². The van der Waals surface area contributed by atoms with Crippen molar-refractivity contribution in [3.63, 3.8) is 0 Å². The van der Waals surface area contributed by atoms with Crippen molar-refractivity contribution in [3.05, 3.63) is 100 Å². The molecule has 132 valence electrons. The molecule has 1 heterocycles. The number of aryl methyl sites for hydroxylation is 1. The average Bonchev–Trinajstić information content (AvgIpc) is 2.69. The predicted molar refractivity (Wildman–Crippen MR) is 107 cm³/mol. The molecule has 4 aromatic rings. The van der Waals surface area contributed by atoms with Crippen LogP contribution in [-0.4, -0.2) is 5.91 Å². The Balaban J connectivity index is 1.69. The van der Waals surface area contributed by atoms with E-state index < -0.39 is 0 Å². The molecule has 1 amide bonds. The molecule has 0 bridgehead atoms. The van der Waals surface area contributed by atoms with Gasteiger partial charge in [-0.15, -0.1) is 0 Å². The molecule has 4 nitrogen and oxygen atoms in total. The largest absolute Gasteiger partial charge is 0.456 e. The van der Waals surface area contributed by atoms with E-state index in [2.05, 4.69) is 5.32 Å². The Bertz CT molecular complexity index is 1190. The van der Waals surface area contributed by atoms with Crippen LogP contribution < -0.4 is 10.7 Å². The van der Waals surface area contributed by atoms with Crippen LogP contribution in [0.15, 0.2) is 88.1 Å². The van der Waals surface area contributed by atoms with E-state index >= 15 is 0 Å². The van der Waals surface area contributed by atoms with Gasteiger partial charge in [0, 0.05) is 22.9 Å². The first kappa shape index (κ1) is 16.8. The average molecular weight is 355 g/mol. The maximum Gasteiger partial charge on any atom is 0.255 e. The molecule has 0 radical (unpaired) electrons. The lowest BCUT2D eigenvalue weighted by Gasteiger charge is -2.09. The summed E-state index contributed by atoms with van der Waals surface area (Å²) in [4.78, 5) is 25.0. The fourth-order valence-electron chi connectivity index (χ4n) is 3.00. The zero-order chi connectivity index (χ0) is 18.8. The maximum absolute atomic E-state index is 12.6. The van der Waals surface area contributed by atoms with Crippen molar-refractivity contribution >= 4 is 22.6 Å². The first-order chi connectivity index (χ1) is 13.1. The normalized spacial score (nSPS) is 10.7. The molecular weight excluding hydrogens is 338 g/mol. The summed E-state index contributed by atoms with van der Waals surface area (Å²) in [5.74, 6) is 0.308. The second-order valence-electron chi connectivity index (χ2n) is 6.32. The molecule has 0 fully saturated rings. The predicted octanol–water partition coefficient (Wildman–Crippen LogP) is 5.02. The third kappa shape index (κ3) is 3.37. The van der Waals surface area contributed by atoms with Gasteiger partial charge < -0.3 is 9.73 Å². The topological polar surface area (TPSA) is 59.3 Å². The van der Waals surface area contributed by atoms with Crippen molar-refractivity contribution in [1.82, 2.24) is 0 Å². The van der Waals surface area contributed by atoms with Crippen molar-refractivity contribution in [2.75, 3.05) is 5.32 Å². The van der Waals surface area contributed by atoms with E-state index in [9.17, 15) is 9.59 Å². The van der Waals surface area contributed by atoms with Crippen LogP contribution in [0.25, 0.3) is 22.3 Å². The fraction of sp³-hybridized carbons (Fsp3) is 0.0435. The van der Waals surface area contributed by atoms with Gasteiger partial charge >= 0.3 is 0 Å². The van der Waals surface area contributed by atoms with E-state index in [1.54, 1.807) is 24.3 Å². The molecule has 4 rings (SSSR count). The van der Waals surface area contributed by atoms with Crippen LogP contribution in [0.4, 0.5) is 5.69 Å². The van der Waals surface area contributed by atoms with Crippen LogP contribution in [0.1, 0.15) is 15.9 Å². The van der Waals surface area contributed by atoms with Gasteiger partial charge in [0.2, 0.25) is 0 Å². The number of rotatable bonds is 3. The summed E-state index contributed by atoms with van der Waals surface area (Å²) in [6.45, 7) is 1.88. The molecule has 0 atom stereocenters. The Kier molecular flexibility index (Phi) is 4.30. The first-order valence-electron chi connectivity index (χ1n) is 8.62. The van der Waals surface area contributed by atoms with Crippen LogP contribution >= 0.6 is 0 Å². The molecule has 0 aliphatic rings. The lowest BCUT2D eigenvalue weighted by Crippen LogP contribution is -2.13.